The number of aromatic nitrogens is 3. The summed E-state index contributed by atoms with van der Waals surface area (Å²) in [7, 11) is 0. The second kappa shape index (κ2) is 10.0. The van der Waals surface area contributed by atoms with Gasteiger partial charge in [0.25, 0.3) is 0 Å². The van der Waals surface area contributed by atoms with E-state index in [-0.39, 0.29) is 70.5 Å². The first-order valence-electron chi connectivity index (χ1n) is 13.8. The normalized spacial score (nSPS) is 25.8. The number of nitrogens with zero attached hydrogens (tertiary/aromatic N) is 4. The van der Waals surface area contributed by atoms with Crippen LogP contribution in [0.1, 0.15) is 37.7 Å². The van der Waals surface area contributed by atoms with Crippen molar-refractivity contribution < 1.29 is 35.5 Å². The zero-order valence-corrected chi connectivity index (χ0v) is 23.3. The van der Waals surface area contributed by atoms with Crippen LogP contribution in [0.15, 0.2) is 18.2 Å². The minimum Gasteiger partial charge on any atom is -0.461 e. The number of anilines is 2. The van der Waals surface area contributed by atoms with E-state index in [0.717, 1.165) is 36.0 Å². The monoisotopic (exact) mass is 626 g/mol. The van der Waals surface area contributed by atoms with E-state index in [9.17, 15) is 26.3 Å². The molecule has 228 valence electrons. The summed E-state index contributed by atoms with van der Waals surface area (Å²) in [5.74, 6) is -2.26. The van der Waals surface area contributed by atoms with Crippen molar-refractivity contribution in [2.45, 2.75) is 62.2 Å². The van der Waals surface area contributed by atoms with Crippen LogP contribution in [0.25, 0.3) is 32.2 Å². The highest BCUT2D eigenvalue weighted by Crippen LogP contribution is 2.46. The van der Waals surface area contributed by atoms with Crippen molar-refractivity contribution >= 4 is 43.4 Å². The summed E-state index contributed by atoms with van der Waals surface area (Å²) in [6.45, 7) is 0.971. The molecule has 7 nitrogen and oxygen atoms in total. The van der Waals surface area contributed by atoms with Gasteiger partial charge in [0.2, 0.25) is 0 Å². The van der Waals surface area contributed by atoms with Gasteiger partial charge in [0.05, 0.1) is 21.3 Å². The molecule has 1 saturated carbocycles. The van der Waals surface area contributed by atoms with E-state index >= 15 is 4.39 Å². The predicted octanol–water partition coefficient (Wildman–Crippen LogP) is 6.65. The quantitative estimate of drug-likeness (QED) is 0.232. The number of hydrogen-bond donors (Lipinski definition) is 2. The maximum absolute atomic E-state index is 16.5. The van der Waals surface area contributed by atoms with Gasteiger partial charge < -0.3 is 15.8 Å². The molecule has 2 aromatic carbocycles. The summed E-state index contributed by atoms with van der Waals surface area (Å²) in [6.07, 6.45) is -5.18. The Bertz CT molecular complexity index is 1740. The zero-order chi connectivity index (χ0) is 30.3. The smallest absolute Gasteiger partial charge is 0.417 e. The highest BCUT2D eigenvalue weighted by Gasteiger charge is 2.49. The fraction of sp³-hybridized carbons (Fsp3) is 0.464. The van der Waals surface area contributed by atoms with E-state index in [4.69, 9.17) is 10.5 Å². The van der Waals surface area contributed by atoms with E-state index in [1.807, 2.05) is 4.90 Å². The second-order valence-electron chi connectivity index (χ2n) is 11.5. The lowest BCUT2D eigenvalue weighted by atomic mass is 9.90. The van der Waals surface area contributed by atoms with Gasteiger partial charge in [-0.15, -0.1) is 0 Å². The first kappa shape index (κ1) is 28.3. The average Bonchev–Trinajstić information content (AvgIpc) is 3.58. The Balaban J connectivity index is 1.39. The molecule has 3 N–H and O–H groups in total. The van der Waals surface area contributed by atoms with Crippen molar-refractivity contribution in [2.75, 3.05) is 30.7 Å². The molecule has 2 aliphatic heterocycles. The first-order chi connectivity index (χ1) is 20.4. The molecule has 3 aliphatic rings. The van der Waals surface area contributed by atoms with Crippen LogP contribution >= 0.6 is 11.3 Å². The average molecular weight is 627 g/mol. The number of nitrogens with one attached hydrogen (secondary N) is 1. The summed E-state index contributed by atoms with van der Waals surface area (Å²) >= 11 is 0.728. The molecule has 0 amide bonds. The Morgan fingerprint density at radius 2 is 1.88 bits per heavy atom. The van der Waals surface area contributed by atoms with Crippen molar-refractivity contribution in [3.63, 3.8) is 0 Å². The van der Waals surface area contributed by atoms with E-state index in [2.05, 4.69) is 20.3 Å². The fourth-order valence-corrected chi connectivity index (χ4v) is 7.33. The maximum atomic E-state index is 16.5. The molecule has 0 unspecified atom stereocenters. The molecule has 4 heterocycles. The number of hydrogen-bond acceptors (Lipinski definition) is 8. The number of benzene rings is 2. The number of nitrogens with two attached hydrogens (primary N) is 1. The number of fused-ring (bicyclic) bond motifs is 3. The topological polar surface area (TPSA) is 89.2 Å². The van der Waals surface area contributed by atoms with Gasteiger partial charge in [-0.1, -0.05) is 11.3 Å². The number of nitrogen functional groups attached to an aromatic ring is 1. The largest absolute Gasteiger partial charge is 0.461 e. The third kappa shape index (κ3) is 4.80. The summed E-state index contributed by atoms with van der Waals surface area (Å²) < 4.78 is 108. The molecular formula is C28H25F7N6OS. The van der Waals surface area contributed by atoms with Gasteiger partial charge in [0.1, 0.15) is 36.1 Å². The molecule has 2 saturated heterocycles. The van der Waals surface area contributed by atoms with Crippen LogP contribution in [-0.2, 0) is 6.18 Å². The highest BCUT2D eigenvalue weighted by molar-refractivity contribution is 7.22. The summed E-state index contributed by atoms with van der Waals surface area (Å²) in [4.78, 5) is 14.5. The third-order valence-corrected chi connectivity index (χ3v) is 9.54. The van der Waals surface area contributed by atoms with E-state index < -0.39 is 58.4 Å². The minimum absolute atomic E-state index is 0.000144. The molecular weight excluding hydrogens is 601 g/mol. The van der Waals surface area contributed by atoms with Gasteiger partial charge in [-0.05, 0) is 50.4 Å². The van der Waals surface area contributed by atoms with Crippen molar-refractivity contribution in [1.29, 1.82) is 0 Å². The molecule has 3 fully saturated rings. The molecule has 43 heavy (non-hydrogen) atoms. The van der Waals surface area contributed by atoms with Crippen LogP contribution in [0.4, 0.5) is 41.7 Å². The molecule has 0 spiro atoms. The third-order valence-electron chi connectivity index (χ3n) is 8.65. The van der Waals surface area contributed by atoms with Gasteiger partial charge in [-0.25, -0.2) is 22.5 Å². The predicted molar refractivity (Wildman–Crippen MR) is 148 cm³/mol. The number of thiazole rings is 1. The Kier molecular flexibility index (Phi) is 6.61. The fourth-order valence-electron chi connectivity index (χ4n) is 6.57. The molecule has 0 bridgehead atoms. The lowest BCUT2D eigenvalue weighted by Gasteiger charge is -2.32. The number of rotatable bonds is 6. The van der Waals surface area contributed by atoms with Gasteiger partial charge in [-0.2, -0.15) is 23.1 Å². The number of ether oxygens (including phenoxy) is 1. The lowest BCUT2D eigenvalue weighted by Crippen LogP contribution is -2.43. The Labute approximate surface area is 244 Å². The lowest BCUT2D eigenvalue weighted by molar-refractivity contribution is -0.137. The molecule has 2 atom stereocenters. The van der Waals surface area contributed by atoms with Crippen molar-refractivity contribution in [2.24, 2.45) is 0 Å². The molecule has 2 aromatic heterocycles. The Morgan fingerprint density at radius 3 is 2.63 bits per heavy atom. The zero-order valence-electron chi connectivity index (χ0n) is 22.4. The standard InChI is InChI=1S/C28H25F7N6OS/c29-12-6-14(7-12)37-24-16-8-17(28(33,34)35)19(15-2-3-18(31)23-22(15)38-25(36)43-23)20(32)21(16)39-26(40-24)42-11-27-4-1-5-41(27)10-13(30)9-27/h2-3,8,12-14H,1,4-7,9-11H2,(H2,36,38)(H,37,39,40)/t12-,13-,14-,27+/m1/s1. The van der Waals surface area contributed by atoms with Crippen molar-refractivity contribution in [1.82, 2.24) is 19.9 Å². The Morgan fingerprint density at radius 1 is 1.09 bits per heavy atom. The number of alkyl halides is 5. The molecule has 7 rings (SSSR count). The van der Waals surface area contributed by atoms with Gasteiger partial charge in [0.15, 0.2) is 10.9 Å². The van der Waals surface area contributed by atoms with Crippen LogP contribution in [0.5, 0.6) is 6.01 Å². The summed E-state index contributed by atoms with van der Waals surface area (Å²) in [5.41, 5.74) is 1.89. The van der Waals surface area contributed by atoms with Crippen molar-refractivity contribution in [3.05, 3.63) is 35.4 Å². The Hall–Kier alpha value is -3.46. The second-order valence-corrected chi connectivity index (χ2v) is 12.5. The van der Waals surface area contributed by atoms with Crippen LogP contribution in [0.3, 0.4) is 0 Å². The van der Waals surface area contributed by atoms with E-state index in [1.54, 1.807) is 0 Å². The first-order valence-corrected chi connectivity index (χ1v) is 14.6. The van der Waals surface area contributed by atoms with E-state index in [1.165, 1.54) is 0 Å². The van der Waals surface area contributed by atoms with E-state index in [0.29, 0.717) is 13.0 Å². The molecule has 4 aromatic rings. The van der Waals surface area contributed by atoms with Gasteiger partial charge in [-0.3, -0.25) is 4.90 Å². The van der Waals surface area contributed by atoms with Crippen molar-refractivity contribution in [3.8, 4) is 17.1 Å². The molecule has 0 radical (unpaired) electrons. The molecule has 15 heteroatoms. The van der Waals surface area contributed by atoms with Gasteiger partial charge >= 0.3 is 12.2 Å². The van der Waals surface area contributed by atoms with Crippen LogP contribution in [0.2, 0.25) is 0 Å². The minimum atomic E-state index is -5.05. The summed E-state index contributed by atoms with van der Waals surface area (Å²) in [6, 6.07) is 1.90. The highest BCUT2D eigenvalue weighted by atomic mass is 32.1. The SMILES string of the molecule is Nc1nc2c(-c3c(C(F)(F)F)cc4c(N[C@H]5C[C@H](F)C5)nc(OC[C@@]56CCCN5C[C@H](F)C6)nc4c3F)ccc(F)c2s1. The number of halogens is 7. The van der Waals surface area contributed by atoms with Crippen LogP contribution in [-0.4, -0.2) is 63.5 Å². The summed E-state index contributed by atoms with van der Waals surface area (Å²) in [5, 5.41) is 2.54. The van der Waals surface area contributed by atoms with Crippen LogP contribution in [0, 0.1) is 11.6 Å². The van der Waals surface area contributed by atoms with Gasteiger partial charge in [0, 0.05) is 35.5 Å². The molecule has 1 aliphatic carbocycles. The van der Waals surface area contributed by atoms with Crippen LogP contribution < -0.4 is 15.8 Å². The maximum Gasteiger partial charge on any atom is 0.417 e.